The molecule has 1 N–H and O–H groups in total. The lowest BCUT2D eigenvalue weighted by Gasteiger charge is -2.13. The van der Waals surface area contributed by atoms with Crippen molar-refractivity contribution >= 4 is 17.6 Å². The predicted molar refractivity (Wildman–Crippen MR) is 82.7 cm³/mol. The monoisotopic (exact) mass is 289 g/mol. The van der Waals surface area contributed by atoms with Crippen LogP contribution in [0.5, 0.6) is 5.75 Å². The topological polar surface area (TPSA) is 47.0 Å². The van der Waals surface area contributed by atoms with Crippen molar-refractivity contribution in [3.05, 3.63) is 36.2 Å². The maximum atomic E-state index is 5.39. The van der Waals surface area contributed by atoms with E-state index in [1.807, 2.05) is 31.3 Å². The zero-order valence-electron chi connectivity index (χ0n) is 12.0. The summed E-state index contributed by atoms with van der Waals surface area (Å²) in [6.07, 6.45) is 3.61. The Bertz CT molecular complexity index is 575. The molecule has 1 aromatic heterocycles. The number of methoxy groups -OCH3 is 1. The number of ether oxygens (including phenoxy) is 1. The van der Waals surface area contributed by atoms with Gasteiger partial charge in [0.05, 0.1) is 12.0 Å². The largest absolute Gasteiger partial charge is 0.496 e. The molecule has 0 aliphatic rings. The minimum Gasteiger partial charge on any atom is -0.496 e. The number of nitrogens with one attached hydrogen (secondary N) is 1. The third-order valence-electron chi connectivity index (χ3n) is 2.92. The van der Waals surface area contributed by atoms with Crippen LogP contribution in [0.4, 0.5) is 5.82 Å². The number of anilines is 1. The van der Waals surface area contributed by atoms with E-state index in [1.54, 1.807) is 25.2 Å². The molecule has 0 saturated heterocycles. The maximum Gasteiger partial charge on any atom is 0.133 e. The van der Waals surface area contributed by atoms with Crippen molar-refractivity contribution in [3.63, 3.8) is 0 Å². The molecule has 0 amide bonds. The molecule has 20 heavy (non-hydrogen) atoms. The summed E-state index contributed by atoms with van der Waals surface area (Å²) >= 11 is 1.62. The van der Waals surface area contributed by atoms with Gasteiger partial charge in [0.2, 0.25) is 0 Å². The first-order chi connectivity index (χ1) is 9.80. The summed E-state index contributed by atoms with van der Waals surface area (Å²) in [5.74, 6) is 1.77. The summed E-state index contributed by atoms with van der Waals surface area (Å²) in [6.45, 7) is 2.16. The van der Waals surface area contributed by atoms with Gasteiger partial charge in [0.1, 0.15) is 22.9 Å². The third kappa shape index (κ3) is 3.22. The summed E-state index contributed by atoms with van der Waals surface area (Å²) in [5.41, 5.74) is 1.16. The lowest BCUT2D eigenvalue weighted by Crippen LogP contribution is -2.02. The SMILES string of the molecule is CCCc1c(NC)ncnc1Sc1ccccc1OC. The van der Waals surface area contributed by atoms with E-state index in [4.69, 9.17) is 4.74 Å². The van der Waals surface area contributed by atoms with Gasteiger partial charge in [0.25, 0.3) is 0 Å². The molecule has 0 aliphatic heterocycles. The second-order valence-electron chi connectivity index (χ2n) is 4.26. The highest BCUT2D eigenvalue weighted by Gasteiger charge is 2.13. The standard InChI is InChI=1S/C15H19N3OS/c1-4-7-11-14(16-2)17-10-18-15(11)20-13-9-6-5-8-12(13)19-3/h5-6,8-10H,4,7H2,1-3H3,(H,16,17,18). The summed E-state index contributed by atoms with van der Waals surface area (Å²) in [7, 11) is 3.57. The smallest absolute Gasteiger partial charge is 0.133 e. The average molecular weight is 289 g/mol. The Kier molecular flexibility index (Phi) is 5.24. The minimum atomic E-state index is 0.865. The van der Waals surface area contributed by atoms with Gasteiger partial charge in [-0.25, -0.2) is 9.97 Å². The molecule has 2 aromatic rings. The molecule has 0 bridgehead atoms. The molecule has 106 valence electrons. The molecule has 0 atom stereocenters. The van der Waals surface area contributed by atoms with Gasteiger partial charge < -0.3 is 10.1 Å². The highest BCUT2D eigenvalue weighted by molar-refractivity contribution is 7.99. The number of nitrogens with zero attached hydrogens (tertiary/aromatic N) is 2. The van der Waals surface area contributed by atoms with Crippen molar-refractivity contribution in [2.75, 3.05) is 19.5 Å². The van der Waals surface area contributed by atoms with Gasteiger partial charge in [-0.1, -0.05) is 37.2 Å². The van der Waals surface area contributed by atoms with E-state index in [1.165, 1.54) is 0 Å². The normalized spacial score (nSPS) is 10.3. The molecule has 0 unspecified atom stereocenters. The van der Waals surface area contributed by atoms with Crippen molar-refractivity contribution in [1.82, 2.24) is 9.97 Å². The van der Waals surface area contributed by atoms with Crippen molar-refractivity contribution in [3.8, 4) is 5.75 Å². The molecule has 0 fully saturated rings. The van der Waals surface area contributed by atoms with Crippen molar-refractivity contribution in [2.45, 2.75) is 29.7 Å². The average Bonchev–Trinajstić information content (AvgIpc) is 2.49. The first-order valence-electron chi connectivity index (χ1n) is 6.62. The number of rotatable bonds is 6. The second kappa shape index (κ2) is 7.14. The molecule has 1 aromatic carbocycles. The van der Waals surface area contributed by atoms with Crippen LogP contribution >= 0.6 is 11.8 Å². The molecule has 2 rings (SSSR count). The molecule has 0 radical (unpaired) electrons. The highest BCUT2D eigenvalue weighted by atomic mass is 32.2. The Labute approximate surface area is 124 Å². The van der Waals surface area contributed by atoms with Crippen LogP contribution in [0, 0.1) is 0 Å². The van der Waals surface area contributed by atoms with Crippen LogP contribution in [0.3, 0.4) is 0 Å². The van der Waals surface area contributed by atoms with E-state index in [0.717, 1.165) is 39.9 Å². The molecule has 0 spiro atoms. The van der Waals surface area contributed by atoms with E-state index in [-0.39, 0.29) is 0 Å². The molecule has 0 aliphatic carbocycles. The third-order valence-corrected chi connectivity index (χ3v) is 4.02. The fourth-order valence-electron chi connectivity index (χ4n) is 1.98. The van der Waals surface area contributed by atoms with Crippen LogP contribution in [0.25, 0.3) is 0 Å². The quantitative estimate of drug-likeness (QED) is 0.823. The Morgan fingerprint density at radius 2 is 2.05 bits per heavy atom. The van der Waals surface area contributed by atoms with Gasteiger partial charge in [-0.2, -0.15) is 0 Å². The molecular weight excluding hydrogens is 270 g/mol. The van der Waals surface area contributed by atoms with Crippen molar-refractivity contribution in [1.29, 1.82) is 0 Å². The summed E-state index contributed by atoms with van der Waals surface area (Å²) in [6, 6.07) is 7.97. The van der Waals surface area contributed by atoms with Crippen LogP contribution in [-0.4, -0.2) is 24.1 Å². The Hall–Kier alpha value is -1.75. The molecular formula is C15H19N3OS. The van der Waals surface area contributed by atoms with E-state index in [0.29, 0.717) is 0 Å². The summed E-state index contributed by atoms with van der Waals surface area (Å²) in [5, 5.41) is 4.12. The second-order valence-corrected chi connectivity index (χ2v) is 5.29. The summed E-state index contributed by atoms with van der Waals surface area (Å²) < 4.78 is 5.39. The number of hydrogen-bond donors (Lipinski definition) is 1. The van der Waals surface area contributed by atoms with Crippen molar-refractivity contribution in [2.24, 2.45) is 0 Å². The van der Waals surface area contributed by atoms with Gasteiger partial charge in [-0.3, -0.25) is 0 Å². The van der Waals surface area contributed by atoms with Crippen LogP contribution in [0.1, 0.15) is 18.9 Å². The molecule has 0 saturated carbocycles. The van der Waals surface area contributed by atoms with Crippen LogP contribution < -0.4 is 10.1 Å². The van der Waals surface area contributed by atoms with E-state index < -0.39 is 0 Å². The molecule has 5 heteroatoms. The lowest BCUT2D eigenvalue weighted by molar-refractivity contribution is 0.405. The molecule has 1 heterocycles. The first-order valence-corrected chi connectivity index (χ1v) is 7.44. The maximum absolute atomic E-state index is 5.39. The van der Waals surface area contributed by atoms with Gasteiger partial charge >= 0.3 is 0 Å². The zero-order chi connectivity index (χ0) is 14.4. The number of benzene rings is 1. The lowest BCUT2D eigenvalue weighted by atomic mass is 10.2. The van der Waals surface area contributed by atoms with Crippen LogP contribution in [-0.2, 0) is 6.42 Å². The Balaban J connectivity index is 2.37. The highest BCUT2D eigenvalue weighted by Crippen LogP contribution is 2.36. The molecule has 4 nitrogen and oxygen atoms in total. The van der Waals surface area contributed by atoms with E-state index in [2.05, 4.69) is 22.2 Å². The van der Waals surface area contributed by atoms with Crippen LogP contribution in [0.2, 0.25) is 0 Å². The predicted octanol–water partition coefficient (Wildman–Crippen LogP) is 3.63. The zero-order valence-corrected chi connectivity index (χ0v) is 12.8. The van der Waals surface area contributed by atoms with E-state index >= 15 is 0 Å². The van der Waals surface area contributed by atoms with Crippen molar-refractivity contribution < 1.29 is 4.74 Å². The fourth-order valence-corrected chi connectivity index (χ4v) is 3.01. The van der Waals surface area contributed by atoms with Gasteiger partial charge in [0, 0.05) is 12.6 Å². The van der Waals surface area contributed by atoms with Gasteiger partial charge in [-0.05, 0) is 18.6 Å². The Morgan fingerprint density at radius 3 is 2.75 bits per heavy atom. The number of hydrogen-bond acceptors (Lipinski definition) is 5. The van der Waals surface area contributed by atoms with Gasteiger partial charge in [-0.15, -0.1) is 0 Å². The fraction of sp³-hybridized carbons (Fsp3) is 0.333. The van der Waals surface area contributed by atoms with E-state index in [9.17, 15) is 0 Å². The Morgan fingerprint density at radius 1 is 1.25 bits per heavy atom. The number of para-hydroxylation sites is 1. The van der Waals surface area contributed by atoms with Gasteiger partial charge in [0.15, 0.2) is 0 Å². The number of aromatic nitrogens is 2. The van der Waals surface area contributed by atoms with Crippen LogP contribution in [0.15, 0.2) is 40.5 Å². The summed E-state index contributed by atoms with van der Waals surface area (Å²) in [4.78, 5) is 9.79. The minimum absolute atomic E-state index is 0.865. The first kappa shape index (κ1) is 14.7.